The fourth-order valence-electron chi connectivity index (χ4n) is 1.97. The second-order valence-corrected chi connectivity index (χ2v) is 5.21. The Morgan fingerprint density at radius 1 is 1.10 bits per heavy atom. The number of hydrogen-bond donors (Lipinski definition) is 5. The van der Waals surface area contributed by atoms with E-state index in [4.69, 9.17) is 5.11 Å². The van der Waals surface area contributed by atoms with Gasteiger partial charge in [0.05, 0.1) is 6.61 Å². The highest BCUT2D eigenvalue weighted by Crippen LogP contribution is 2.11. The van der Waals surface area contributed by atoms with Crippen LogP contribution in [0.3, 0.4) is 0 Å². The topological polar surface area (TPSA) is 121 Å². The Morgan fingerprint density at radius 2 is 1.60 bits per heavy atom. The van der Waals surface area contributed by atoms with Crippen molar-refractivity contribution >= 4 is 5.91 Å². The minimum Gasteiger partial charge on any atom is -0.394 e. The summed E-state index contributed by atoms with van der Waals surface area (Å²) in [5, 5.41) is 46.8. The molecule has 0 saturated heterocycles. The second kappa shape index (κ2) is 9.25. The lowest BCUT2D eigenvalue weighted by Gasteiger charge is -2.29. The molecule has 0 aliphatic carbocycles. The zero-order chi connectivity index (χ0) is 15.9. The van der Waals surface area contributed by atoms with Crippen molar-refractivity contribution in [2.45, 2.75) is 51.1 Å². The van der Waals surface area contributed by atoms with Gasteiger partial charge in [0.25, 0.3) is 0 Å². The number of hydrogen-bond acceptors (Lipinski definition) is 6. The Bertz CT molecular complexity index is 288. The van der Waals surface area contributed by atoms with Crippen LogP contribution in [0.25, 0.3) is 0 Å². The van der Waals surface area contributed by atoms with Crippen molar-refractivity contribution in [3.8, 4) is 0 Å². The van der Waals surface area contributed by atoms with Crippen LogP contribution in [0.1, 0.15) is 26.7 Å². The van der Waals surface area contributed by atoms with Crippen LogP contribution in [0.4, 0.5) is 0 Å². The van der Waals surface area contributed by atoms with Gasteiger partial charge in [-0.1, -0.05) is 20.3 Å². The van der Waals surface area contributed by atoms with Crippen LogP contribution in [-0.4, -0.2) is 81.0 Å². The predicted molar refractivity (Wildman–Crippen MR) is 72.8 cm³/mol. The third-order valence-corrected chi connectivity index (χ3v) is 3.31. The number of aliphatic hydroxyl groups is 5. The highest BCUT2D eigenvalue weighted by molar-refractivity contribution is 5.78. The molecule has 7 nitrogen and oxygen atoms in total. The van der Waals surface area contributed by atoms with Gasteiger partial charge in [-0.05, 0) is 6.42 Å². The van der Waals surface area contributed by atoms with Gasteiger partial charge in [-0.25, -0.2) is 0 Å². The van der Waals surface area contributed by atoms with E-state index in [0.717, 1.165) is 12.8 Å². The van der Waals surface area contributed by atoms with E-state index in [0.29, 0.717) is 0 Å². The fourth-order valence-corrected chi connectivity index (χ4v) is 1.97. The van der Waals surface area contributed by atoms with E-state index in [1.54, 1.807) is 6.92 Å². The first-order valence-corrected chi connectivity index (χ1v) is 6.84. The van der Waals surface area contributed by atoms with Gasteiger partial charge in [-0.15, -0.1) is 0 Å². The molecule has 0 aromatic heterocycles. The second-order valence-electron chi connectivity index (χ2n) is 5.21. The molecule has 0 saturated carbocycles. The molecule has 0 heterocycles. The molecule has 0 spiro atoms. The number of carbonyl (C=O) groups is 1. The molecule has 5 N–H and O–H groups in total. The zero-order valence-corrected chi connectivity index (χ0v) is 12.3. The van der Waals surface area contributed by atoms with Crippen molar-refractivity contribution in [3.63, 3.8) is 0 Å². The van der Waals surface area contributed by atoms with Crippen LogP contribution in [0.2, 0.25) is 0 Å². The molecular formula is C13H27NO6. The number of nitrogens with zero attached hydrogens (tertiary/aromatic N) is 1. The Balaban J connectivity index is 4.44. The Kier molecular flexibility index (Phi) is 8.91. The van der Waals surface area contributed by atoms with Crippen LogP contribution in [0.5, 0.6) is 0 Å². The molecule has 0 aromatic rings. The molecule has 7 heteroatoms. The van der Waals surface area contributed by atoms with Crippen LogP contribution in [0.15, 0.2) is 0 Å². The number of amides is 1. The highest BCUT2D eigenvalue weighted by Gasteiger charge is 2.31. The van der Waals surface area contributed by atoms with Gasteiger partial charge in [0.15, 0.2) is 0 Å². The lowest BCUT2D eigenvalue weighted by molar-refractivity contribution is -0.141. The summed E-state index contributed by atoms with van der Waals surface area (Å²) in [5.41, 5.74) is 0. The molecule has 5 atom stereocenters. The molecule has 0 radical (unpaired) electrons. The molecule has 120 valence electrons. The minimum atomic E-state index is -1.67. The Labute approximate surface area is 119 Å². The summed E-state index contributed by atoms with van der Waals surface area (Å²) in [5.74, 6) is -0.336. The monoisotopic (exact) mass is 293 g/mol. The van der Waals surface area contributed by atoms with E-state index >= 15 is 0 Å². The van der Waals surface area contributed by atoms with Gasteiger partial charge in [-0.3, -0.25) is 4.79 Å². The van der Waals surface area contributed by atoms with E-state index < -0.39 is 31.0 Å². The van der Waals surface area contributed by atoms with Gasteiger partial charge in [0, 0.05) is 19.5 Å². The minimum absolute atomic E-state index is 0.157. The lowest BCUT2D eigenvalue weighted by atomic mass is 10.0. The summed E-state index contributed by atoms with van der Waals surface area (Å²) >= 11 is 0. The van der Waals surface area contributed by atoms with E-state index in [9.17, 15) is 25.2 Å². The van der Waals surface area contributed by atoms with E-state index in [2.05, 4.69) is 0 Å². The lowest BCUT2D eigenvalue weighted by Crippen LogP contribution is -2.50. The van der Waals surface area contributed by atoms with Crippen LogP contribution in [0, 0.1) is 5.92 Å². The first kappa shape index (κ1) is 19.3. The third-order valence-electron chi connectivity index (χ3n) is 3.31. The predicted octanol–water partition coefficient (Wildman–Crippen LogP) is -1.68. The van der Waals surface area contributed by atoms with Gasteiger partial charge in [0.1, 0.15) is 24.4 Å². The van der Waals surface area contributed by atoms with Gasteiger partial charge >= 0.3 is 0 Å². The molecule has 0 aliphatic heterocycles. The quantitative estimate of drug-likeness (QED) is 0.346. The molecule has 1 unspecified atom stereocenters. The maximum atomic E-state index is 11.9. The van der Waals surface area contributed by atoms with Crippen LogP contribution >= 0.6 is 0 Å². The Hall–Kier alpha value is -0.730. The van der Waals surface area contributed by atoms with Crippen molar-refractivity contribution in [2.75, 3.05) is 20.2 Å². The van der Waals surface area contributed by atoms with Crippen molar-refractivity contribution in [2.24, 2.45) is 5.92 Å². The molecular weight excluding hydrogens is 266 g/mol. The van der Waals surface area contributed by atoms with Crippen LogP contribution in [-0.2, 0) is 4.79 Å². The van der Waals surface area contributed by atoms with E-state index in [1.807, 2.05) is 6.92 Å². The first-order valence-electron chi connectivity index (χ1n) is 6.84. The average molecular weight is 293 g/mol. The zero-order valence-electron chi connectivity index (χ0n) is 12.3. The summed E-state index contributed by atoms with van der Waals surface area (Å²) < 4.78 is 0. The fraction of sp³-hybridized carbons (Fsp3) is 0.923. The standard InChI is InChI=1S/C13H27NO6/c1-4-5-8(2)13(20)14(3)6-9(16)11(18)12(19)10(17)7-15/h8-12,15-19H,4-7H2,1-3H3/t8?,9-,10+,11+,12+/m0/s1. The SMILES string of the molecule is CCCC(C)C(=O)N(C)C[C@H](O)[C@@H](O)[C@H](O)[C@H](O)CO. The summed E-state index contributed by atoms with van der Waals surface area (Å²) in [6, 6.07) is 0. The van der Waals surface area contributed by atoms with Gasteiger partial charge < -0.3 is 30.4 Å². The number of aliphatic hydroxyl groups excluding tert-OH is 5. The van der Waals surface area contributed by atoms with E-state index in [-0.39, 0.29) is 18.4 Å². The largest absolute Gasteiger partial charge is 0.394 e. The third kappa shape index (κ3) is 5.72. The highest BCUT2D eigenvalue weighted by atomic mass is 16.4. The van der Waals surface area contributed by atoms with Crippen molar-refractivity contribution in [1.82, 2.24) is 4.90 Å². The maximum Gasteiger partial charge on any atom is 0.225 e. The van der Waals surface area contributed by atoms with Crippen molar-refractivity contribution in [1.29, 1.82) is 0 Å². The maximum absolute atomic E-state index is 11.9. The molecule has 0 fully saturated rings. The van der Waals surface area contributed by atoms with Crippen molar-refractivity contribution in [3.05, 3.63) is 0 Å². The van der Waals surface area contributed by atoms with Crippen molar-refractivity contribution < 1.29 is 30.3 Å². The smallest absolute Gasteiger partial charge is 0.225 e. The number of rotatable bonds is 9. The van der Waals surface area contributed by atoms with Gasteiger partial charge in [-0.2, -0.15) is 0 Å². The molecule has 0 rings (SSSR count). The first-order chi connectivity index (χ1) is 9.26. The number of likely N-dealkylation sites (N-methyl/N-ethyl adjacent to an activating group) is 1. The van der Waals surface area contributed by atoms with Gasteiger partial charge in [0.2, 0.25) is 5.91 Å². The molecule has 0 aromatic carbocycles. The number of carbonyl (C=O) groups excluding carboxylic acids is 1. The molecule has 1 amide bonds. The average Bonchev–Trinajstić information content (AvgIpc) is 2.43. The molecule has 0 aliphatic rings. The summed E-state index contributed by atoms with van der Waals surface area (Å²) in [6.45, 7) is 2.86. The van der Waals surface area contributed by atoms with Crippen LogP contribution < -0.4 is 0 Å². The molecule has 20 heavy (non-hydrogen) atoms. The summed E-state index contributed by atoms with van der Waals surface area (Å²) in [4.78, 5) is 13.2. The summed E-state index contributed by atoms with van der Waals surface area (Å²) in [6.07, 6.45) is -4.67. The normalized spacial score (nSPS) is 19.0. The molecule has 0 bridgehead atoms. The Morgan fingerprint density at radius 3 is 2.05 bits per heavy atom. The summed E-state index contributed by atoms with van der Waals surface area (Å²) in [7, 11) is 1.50. The van der Waals surface area contributed by atoms with E-state index in [1.165, 1.54) is 11.9 Å².